The highest BCUT2D eigenvalue weighted by molar-refractivity contribution is 7.15. The largest absolute Gasteiger partial charge is 0.321 e. The van der Waals surface area contributed by atoms with E-state index >= 15 is 0 Å². The van der Waals surface area contributed by atoms with Crippen molar-refractivity contribution in [2.24, 2.45) is 0 Å². The maximum Gasteiger partial charge on any atom is 0.266 e. The Kier molecular flexibility index (Phi) is 3.95. The van der Waals surface area contributed by atoms with Crippen molar-refractivity contribution in [2.75, 3.05) is 0 Å². The molecule has 0 aliphatic carbocycles. The first-order valence-corrected chi connectivity index (χ1v) is 8.64. The molecule has 0 spiro atoms. The lowest BCUT2D eigenvalue weighted by molar-refractivity contribution is 0.778. The molecule has 0 amide bonds. The van der Waals surface area contributed by atoms with Crippen molar-refractivity contribution in [3.63, 3.8) is 0 Å². The van der Waals surface area contributed by atoms with Gasteiger partial charge < -0.3 is 9.55 Å². The van der Waals surface area contributed by atoms with Crippen LogP contribution in [0.25, 0.3) is 21.5 Å². The van der Waals surface area contributed by atoms with E-state index in [1.807, 2.05) is 36.4 Å². The molecule has 4 rings (SSSR count). The third kappa shape index (κ3) is 2.83. The van der Waals surface area contributed by atoms with Gasteiger partial charge >= 0.3 is 0 Å². The molecule has 0 aliphatic heterocycles. The summed E-state index contributed by atoms with van der Waals surface area (Å²) < 4.78 is 1.57. The minimum Gasteiger partial charge on any atom is -0.321 e. The van der Waals surface area contributed by atoms with Gasteiger partial charge in [0.1, 0.15) is 11.6 Å². The van der Waals surface area contributed by atoms with Gasteiger partial charge in [-0.2, -0.15) is 5.26 Å². The van der Waals surface area contributed by atoms with Crippen LogP contribution in [0.5, 0.6) is 0 Å². The fourth-order valence-electron chi connectivity index (χ4n) is 2.72. The Labute approximate surface area is 151 Å². The number of hydrogen-bond acceptors (Lipinski definition) is 5. The summed E-state index contributed by atoms with van der Waals surface area (Å²) in [6.45, 7) is 0.410. The smallest absolute Gasteiger partial charge is 0.266 e. The van der Waals surface area contributed by atoms with Crippen molar-refractivity contribution in [3.8, 4) is 16.6 Å². The summed E-state index contributed by atoms with van der Waals surface area (Å²) in [5.41, 5.74) is 0.515. The summed E-state index contributed by atoms with van der Waals surface area (Å²) >= 11 is 1.57. The van der Waals surface area contributed by atoms with Crippen molar-refractivity contribution >= 4 is 22.2 Å². The van der Waals surface area contributed by atoms with Crippen LogP contribution in [0.15, 0.2) is 64.4 Å². The molecule has 6 nitrogen and oxygen atoms in total. The van der Waals surface area contributed by atoms with Crippen molar-refractivity contribution < 1.29 is 0 Å². The summed E-state index contributed by atoms with van der Waals surface area (Å²) in [6, 6.07) is 14.5. The zero-order valence-electron chi connectivity index (χ0n) is 13.5. The summed E-state index contributed by atoms with van der Waals surface area (Å²) in [5, 5.41) is 9.33. The van der Waals surface area contributed by atoms with Crippen LogP contribution >= 0.6 is 11.3 Å². The number of thiophene rings is 1. The molecule has 0 saturated heterocycles. The highest BCUT2D eigenvalue weighted by Crippen LogP contribution is 2.26. The standard InChI is InChI=1S/C19H12N4O2S/c20-10-12-9-14-15(22-18(12)24)6-8-23(19(14)25)11-13-4-5-17(26-13)16-3-1-2-7-21-16/h1-9H,11H2,(H,22,24). The van der Waals surface area contributed by atoms with Crippen LogP contribution in [0.2, 0.25) is 0 Å². The summed E-state index contributed by atoms with van der Waals surface area (Å²) in [4.78, 5) is 33.4. The number of H-pyrrole nitrogens is 1. The molecule has 4 aromatic heterocycles. The van der Waals surface area contributed by atoms with Gasteiger partial charge in [0.25, 0.3) is 11.1 Å². The van der Waals surface area contributed by atoms with Crippen molar-refractivity contribution in [1.82, 2.24) is 14.5 Å². The number of fused-ring (bicyclic) bond motifs is 1. The van der Waals surface area contributed by atoms with Crippen LogP contribution in [0.3, 0.4) is 0 Å². The average molecular weight is 360 g/mol. The number of nitriles is 1. The SMILES string of the molecule is N#Cc1cc2c(=O)n(Cc3ccc(-c4ccccn4)s3)ccc2[nH]c1=O. The van der Waals surface area contributed by atoms with Gasteiger partial charge in [0.05, 0.1) is 28.0 Å². The first kappa shape index (κ1) is 16.0. The monoisotopic (exact) mass is 360 g/mol. The van der Waals surface area contributed by atoms with Crippen LogP contribution < -0.4 is 11.1 Å². The van der Waals surface area contributed by atoms with Gasteiger partial charge in [-0.15, -0.1) is 11.3 Å². The molecular weight excluding hydrogens is 348 g/mol. The van der Waals surface area contributed by atoms with Crippen molar-refractivity contribution in [2.45, 2.75) is 6.54 Å². The molecule has 126 valence electrons. The molecule has 0 fully saturated rings. The predicted octanol–water partition coefficient (Wildman–Crippen LogP) is 2.73. The van der Waals surface area contributed by atoms with Gasteiger partial charge in [-0.1, -0.05) is 6.07 Å². The maximum atomic E-state index is 12.7. The molecule has 0 aromatic carbocycles. The molecular formula is C19H12N4O2S. The summed E-state index contributed by atoms with van der Waals surface area (Å²) in [5.74, 6) is 0. The molecule has 0 saturated carbocycles. The van der Waals surface area contributed by atoms with E-state index in [0.29, 0.717) is 17.4 Å². The van der Waals surface area contributed by atoms with Gasteiger partial charge in [-0.25, -0.2) is 0 Å². The predicted molar refractivity (Wildman–Crippen MR) is 100 cm³/mol. The number of aromatic amines is 1. The van der Waals surface area contributed by atoms with Gasteiger partial charge in [0.2, 0.25) is 0 Å². The summed E-state index contributed by atoms with van der Waals surface area (Å²) in [6.07, 6.45) is 3.39. The second-order valence-corrected chi connectivity index (χ2v) is 6.85. The first-order chi connectivity index (χ1) is 12.7. The lowest BCUT2D eigenvalue weighted by atomic mass is 10.2. The highest BCUT2D eigenvalue weighted by Gasteiger charge is 2.09. The van der Waals surface area contributed by atoms with E-state index in [1.165, 1.54) is 6.07 Å². The minimum absolute atomic E-state index is 0.0686. The Hall–Kier alpha value is -3.50. The van der Waals surface area contributed by atoms with Gasteiger partial charge in [-0.05, 0) is 36.4 Å². The zero-order valence-corrected chi connectivity index (χ0v) is 14.3. The van der Waals surface area contributed by atoms with Crippen LogP contribution in [0, 0.1) is 11.3 Å². The number of rotatable bonds is 3. The Morgan fingerprint density at radius 3 is 2.85 bits per heavy atom. The zero-order chi connectivity index (χ0) is 18.1. The van der Waals surface area contributed by atoms with E-state index in [9.17, 15) is 9.59 Å². The minimum atomic E-state index is -0.490. The van der Waals surface area contributed by atoms with E-state index in [-0.39, 0.29) is 11.1 Å². The van der Waals surface area contributed by atoms with Crippen LogP contribution in [-0.2, 0) is 6.54 Å². The normalized spacial score (nSPS) is 10.7. The first-order valence-electron chi connectivity index (χ1n) is 7.82. The van der Waals surface area contributed by atoms with Gasteiger partial charge in [0.15, 0.2) is 0 Å². The fraction of sp³-hybridized carbons (Fsp3) is 0.0526. The third-order valence-corrected chi connectivity index (χ3v) is 5.10. The van der Waals surface area contributed by atoms with E-state index in [1.54, 1.807) is 34.4 Å². The van der Waals surface area contributed by atoms with E-state index in [2.05, 4.69) is 9.97 Å². The topological polar surface area (TPSA) is 91.5 Å². The molecule has 0 radical (unpaired) electrons. The average Bonchev–Trinajstić information content (AvgIpc) is 3.13. The molecule has 0 bridgehead atoms. The highest BCUT2D eigenvalue weighted by atomic mass is 32.1. The molecule has 0 atom stereocenters. The quantitative estimate of drug-likeness (QED) is 0.608. The number of hydrogen-bond donors (Lipinski definition) is 1. The lowest BCUT2D eigenvalue weighted by Crippen LogP contribution is -2.22. The van der Waals surface area contributed by atoms with Crippen molar-refractivity contribution in [3.05, 3.63) is 86.0 Å². The number of nitrogens with zero attached hydrogens (tertiary/aromatic N) is 3. The number of aromatic nitrogens is 3. The van der Waals surface area contributed by atoms with Crippen molar-refractivity contribution in [1.29, 1.82) is 5.26 Å². The van der Waals surface area contributed by atoms with E-state index < -0.39 is 5.56 Å². The van der Waals surface area contributed by atoms with Crippen LogP contribution in [-0.4, -0.2) is 14.5 Å². The van der Waals surface area contributed by atoms with E-state index in [0.717, 1.165) is 15.4 Å². The maximum absolute atomic E-state index is 12.7. The molecule has 26 heavy (non-hydrogen) atoms. The Bertz CT molecular complexity index is 1260. The van der Waals surface area contributed by atoms with Crippen LogP contribution in [0.1, 0.15) is 10.4 Å². The number of pyridine rings is 3. The second kappa shape index (κ2) is 6.43. The Morgan fingerprint density at radius 1 is 1.19 bits per heavy atom. The molecule has 0 aliphatic rings. The second-order valence-electron chi connectivity index (χ2n) is 5.68. The number of nitrogens with one attached hydrogen (secondary N) is 1. The third-order valence-electron chi connectivity index (χ3n) is 4.01. The Morgan fingerprint density at radius 2 is 2.08 bits per heavy atom. The molecule has 7 heteroatoms. The van der Waals surface area contributed by atoms with E-state index in [4.69, 9.17) is 5.26 Å². The lowest BCUT2D eigenvalue weighted by Gasteiger charge is -2.06. The van der Waals surface area contributed by atoms with Crippen LogP contribution in [0.4, 0.5) is 0 Å². The van der Waals surface area contributed by atoms with Gasteiger partial charge in [0, 0.05) is 17.3 Å². The van der Waals surface area contributed by atoms with Gasteiger partial charge in [-0.3, -0.25) is 14.6 Å². The molecule has 1 N–H and O–H groups in total. The molecule has 4 heterocycles. The molecule has 0 unspecified atom stereocenters. The Balaban J connectivity index is 1.72. The summed E-state index contributed by atoms with van der Waals surface area (Å²) in [7, 11) is 0. The molecule has 4 aromatic rings. The fourth-order valence-corrected chi connectivity index (χ4v) is 3.71.